The summed E-state index contributed by atoms with van der Waals surface area (Å²) in [5.74, 6) is 0. The molecule has 0 saturated heterocycles. The van der Waals surface area contributed by atoms with Crippen LogP contribution in [0, 0.1) is 18.3 Å². The van der Waals surface area contributed by atoms with Gasteiger partial charge < -0.3 is 10.6 Å². The van der Waals surface area contributed by atoms with Gasteiger partial charge in [-0.05, 0) is 36.8 Å². The maximum atomic E-state index is 8.35. The van der Waals surface area contributed by atoms with Gasteiger partial charge >= 0.3 is 0 Å². The summed E-state index contributed by atoms with van der Waals surface area (Å²) in [5, 5.41) is 14.9. The van der Waals surface area contributed by atoms with Gasteiger partial charge in [0.05, 0.1) is 12.5 Å². The number of aryl methyl sites for hydroxylation is 1. The highest BCUT2D eigenvalue weighted by molar-refractivity contribution is 7.80. The number of thiocarbonyl (C=S) groups is 1. The average Bonchev–Trinajstić information content (AvgIpc) is 2.18. The molecule has 4 heteroatoms. The summed E-state index contributed by atoms with van der Waals surface area (Å²) in [4.78, 5) is 0. The number of benzene rings is 1. The predicted octanol–water partition coefficient (Wildman–Crippen LogP) is 2.20. The lowest BCUT2D eigenvalue weighted by Crippen LogP contribution is -2.29. The highest BCUT2D eigenvalue weighted by atomic mass is 32.1. The first-order chi connectivity index (χ1) is 7.22. The van der Waals surface area contributed by atoms with Crippen LogP contribution in [0.2, 0.25) is 0 Å². The largest absolute Gasteiger partial charge is 0.361 e. The van der Waals surface area contributed by atoms with E-state index in [1.807, 2.05) is 37.3 Å². The van der Waals surface area contributed by atoms with Crippen molar-refractivity contribution in [3.63, 3.8) is 0 Å². The van der Waals surface area contributed by atoms with Crippen LogP contribution in [0.1, 0.15) is 12.0 Å². The molecular formula is C11H13N3S. The van der Waals surface area contributed by atoms with Crippen LogP contribution >= 0.6 is 12.2 Å². The van der Waals surface area contributed by atoms with E-state index < -0.39 is 0 Å². The Labute approximate surface area is 95.1 Å². The SMILES string of the molecule is Cc1cccc(NC(=S)NCCC#N)c1. The quantitative estimate of drug-likeness (QED) is 0.604. The standard InChI is InChI=1S/C11H13N3S/c1-9-4-2-5-10(8-9)14-11(15)13-7-3-6-12/h2,4-5,8H,3,7H2,1H3,(H2,13,14,15). The molecule has 1 aromatic carbocycles. The minimum atomic E-state index is 0.454. The fraction of sp³-hybridized carbons (Fsp3) is 0.273. The summed E-state index contributed by atoms with van der Waals surface area (Å²) < 4.78 is 0. The van der Waals surface area contributed by atoms with Gasteiger partial charge in [-0.1, -0.05) is 12.1 Å². The van der Waals surface area contributed by atoms with Crippen molar-refractivity contribution in [3.05, 3.63) is 29.8 Å². The fourth-order valence-corrected chi connectivity index (χ4v) is 1.35. The third-order valence-electron chi connectivity index (χ3n) is 1.80. The number of hydrogen-bond acceptors (Lipinski definition) is 2. The molecule has 0 heterocycles. The van der Waals surface area contributed by atoms with Crippen molar-refractivity contribution < 1.29 is 0 Å². The van der Waals surface area contributed by atoms with Gasteiger partial charge in [0, 0.05) is 12.2 Å². The molecule has 0 fully saturated rings. The Balaban J connectivity index is 2.42. The van der Waals surface area contributed by atoms with E-state index in [0.29, 0.717) is 18.1 Å². The molecule has 0 saturated carbocycles. The fourth-order valence-electron chi connectivity index (χ4n) is 1.13. The number of rotatable bonds is 3. The second kappa shape index (κ2) is 5.99. The second-order valence-electron chi connectivity index (χ2n) is 3.16. The van der Waals surface area contributed by atoms with Gasteiger partial charge in [0.25, 0.3) is 0 Å². The monoisotopic (exact) mass is 219 g/mol. The summed E-state index contributed by atoms with van der Waals surface area (Å²) in [5.41, 5.74) is 2.14. The number of hydrogen-bond donors (Lipinski definition) is 2. The first-order valence-corrected chi connectivity index (χ1v) is 5.11. The maximum Gasteiger partial charge on any atom is 0.170 e. The molecule has 2 N–H and O–H groups in total. The van der Waals surface area contributed by atoms with Crippen molar-refractivity contribution in [2.24, 2.45) is 0 Å². The topological polar surface area (TPSA) is 47.8 Å². The Morgan fingerprint density at radius 2 is 2.33 bits per heavy atom. The van der Waals surface area contributed by atoms with Gasteiger partial charge in [-0.2, -0.15) is 5.26 Å². The van der Waals surface area contributed by atoms with Gasteiger partial charge in [-0.3, -0.25) is 0 Å². The lowest BCUT2D eigenvalue weighted by atomic mass is 10.2. The van der Waals surface area contributed by atoms with Crippen LogP contribution in [0.25, 0.3) is 0 Å². The highest BCUT2D eigenvalue weighted by Gasteiger charge is 1.96. The molecule has 0 amide bonds. The van der Waals surface area contributed by atoms with Gasteiger partial charge in [-0.25, -0.2) is 0 Å². The summed E-state index contributed by atoms with van der Waals surface area (Å²) in [7, 11) is 0. The lowest BCUT2D eigenvalue weighted by Gasteiger charge is -2.09. The minimum Gasteiger partial charge on any atom is -0.361 e. The van der Waals surface area contributed by atoms with Crippen molar-refractivity contribution in [2.75, 3.05) is 11.9 Å². The molecule has 0 bridgehead atoms. The maximum absolute atomic E-state index is 8.35. The normalized spacial score (nSPS) is 9.07. The Morgan fingerprint density at radius 3 is 3.00 bits per heavy atom. The van der Waals surface area contributed by atoms with Crippen molar-refractivity contribution in [2.45, 2.75) is 13.3 Å². The predicted molar refractivity (Wildman–Crippen MR) is 65.6 cm³/mol. The van der Waals surface area contributed by atoms with Crippen LogP contribution < -0.4 is 10.6 Å². The molecule has 0 aromatic heterocycles. The number of anilines is 1. The molecule has 0 unspecified atom stereocenters. The number of nitrogens with one attached hydrogen (secondary N) is 2. The van der Waals surface area contributed by atoms with E-state index in [4.69, 9.17) is 17.5 Å². The number of nitriles is 1. The van der Waals surface area contributed by atoms with Gasteiger partial charge in [0.1, 0.15) is 0 Å². The molecule has 3 nitrogen and oxygen atoms in total. The highest BCUT2D eigenvalue weighted by Crippen LogP contribution is 2.08. The van der Waals surface area contributed by atoms with Crippen LogP contribution in [0.5, 0.6) is 0 Å². The molecule has 0 spiro atoms. The molecule has 78 valence electrons. The molecule has 15 heavy (non-hydrogen) atoms. The molecular weight excluding hydrogens is 206 g/mol. The zero-order chi connectivity index (χ0) is 11.1. The zero-order valence-electron chi connectivity index (χ0n) is 8.58. The smallest absolute Gasteiger partial charge is 0.170 e. The van der Waals surface area contributed by atoms with E-state index in [9.17, 15) is 0 Å². The summed E-state index contributed by atoms with van der Waals surface area (Å²) in [6, 6.07) is 10.0. The number of nitrogens with zero attached hydrogens (tertiary/aromatic N) is 1. The van der Waals surface area contributed by atoms with Crippen LogP contribution in [-0.4, -0.2) is 11.7 Å². The van der Waals surface area contributed by atoms with Crippen molar-refractivity contribution in [1.29, 1.82) is 5.26 Å². The second-order valence-corrected chi connectivity index (χ2v) is 3.57. The third-order valence-corrected chi connectivity index (χ3v) is 2.04. The van der Waals surface area contributed by atoms with Crippen molar-refractivity contribution >= 4 is 23.0 Å². The first kappa shape index (κ1) is 11.5. The Bertz CT molecular complexity index is 382. The molecule has 1 aromatic rings. The molecule has 0 aliphatic heterocycles. The molecule has 0 aliphatic carbocycles. The van der Waals surface area contributed by atoms with Crippen LogP contribution in [0.3, 0.4) is 0 Å². The van der Waals surface area contributed by atoms with Crippen LogP contribution in [0.15, 0.2) is 24.3 Å². The molecule has 1 rings (SSSR count). The third kappa shape index (κ3) is 4.43. The summed E-state index contributed by atoms with van der Waals surface area (Å²) >= 11 is 5.06. The van der Waals surface area contributed by atoms with Crippen LogP contribution in [0.4, 0.5) is 5.69 Å². The first-order valence-electron chi connectivity index (χ1n) is 4.71. The Morgan fingerprint density at radius 1 is 1.53 bits per heavy atom. The Kier molecular flexibility index (Phi) is 4.58. The van der Waals surface area contributed by atoms with E-state index in [-0.39, 0.29) is 0 Å². The Hall–Kier alpha value is -1.60. The van der Waals surface area contributed by atoms with E-state index in [2.05, 4.69) is 10.6 Å². The zero-order valence-corrected chi connectivity index (χ0v) is 9.40. The lowest BCUT2D eigenvalue weighted by molar-refractivity contribution is 0.905. The van der Waals surface area contributed by atoms with E-state index >= 15 is 0 Å². The van der Waals surface area contributed by atoms with Gasteiger partial charge in [-0.15, -0.1) is 0 Å². The minimum absolute atomic E-state index is 0.454. The molecule has 0 radical (unpaired) electrons. The average molecular weight is 219 g/mol. The van der Waals surface area contributed by atoms with E-state index in [1.165, 1.54) is 5.56 Å². The van der Waals surface area contributed by atoms with Crippen molar-refractivity contribution in [1.82, 2.24) is 5.32 Å². The summed E-state index contributed by atoms with van der Waals surface area (Å²) in [6.45, 7) is 2.60. The molecule has 0 aliphatic rings. The van der Waals surface area contributed by atoms with E-state index in [1.54, 1.807) is 0 Å². The summed E-state index contributed by atoms with van der Waals surface area (Å²) in [6.07, 6.45) is 0.454. The van der Waals surface area contributed by atoms with Crippen molar-refractivity contribution in [3.8, 4) is 6.07 Å². The van der Waals surface area contributed by atoms with Gasteiger partial charge in [0.2, 0.25) is 0 Å². The van der Waals surface area contributed by atoms with Gasteiger partial charge in [0.15, 0.2) is 5.11 Å². The molecule has 0 atom stereocenters. The van der Waals surface area contributed by atoms with Crippen LogP contribution in [-0.2, 0) is 0 Å². The van der Waals surface area contributed by atoms with E-state index in [0.717, 1.165) is 5.69 Å².